The van der Waals surface area contributed by atoms with E-state index in [0.29, 0.717) is 13.1 Å². The fourth-order valence-corrected chi connectivity index (χ4v) is 4.09. The van der Waals surface area contributed by atoms with Gasteiger partial charge in [0, 0.05) is 44.2 Å². The van der Waals surface area contributed by atoms with Crippen molar-refractivity contribution in [3.8, 4) is 0 Å². The van der Waals surface area contributed by atoms with E-state index < -0.39 is 5.60 Å². The third-order valence-corrected chi connectivity index (χ3v) is 5.61. The first-order valence-electron chi connectivity index (χ1n) is 10.6. The van der Waals surface area contributed by atoms with Gasteiger partial charge in [-0.05, 0) is 72.0 Å². The van der Waals surface area contributed by atoms with Crippen molar-refractivity contribution in [3.05, 3.63) is 30.1 Å². The van der Waals surface area contributed by atoms with Crippen LogP contribution >= 0.6 is 0 Å². The molecule has 3 heterocycles. The van der Waals surface area contributed by atoms with Crippen LogP contribution in [0.25, 0.3) is 0 Å². The second-order valence-corrected chi connectivity index (χ2v) is 8.95. The Kier molecular flexibility index (Phi) is 6.94. The van der Waals surface area contributed by atoms with Crippen molar-refractivity contribution in [3.63, 3.8) is 0 Å². The quantitative estimate of drug-likeness (QED) is 0.693. The summed E-state index contributed by atoms with van der Waals surface area (Å²) in [4.78, 5) is 21.0. The molecule has 0 spiro atoms. The minimum Gasteiger partial charge on any atom is -0.444 e. The lowest BCUT2D eigenvalue weighted by atomic mass is 9.85. The molecule has 6 nitrogen and oxygen atoms in total. The monoisotopic (exact) mass is 389 g/mol. The highest BCUT2D eigenvalue weighted by atomic mass is 16.6. The molecular weight excluding hydrogens is 354 g/mol. The van der Waals surface area contributed by atoms with Gasteiger partial charge in [0.05, 0.1) is 5.60 Å². The van der Waals surface area contributed by atoms with E-state index in [2.05, 4.69) is 16.0 Å². The minimum atomic E-state index is -0.471. The molecule has 0 bridgehead atoms. The first-order chi connectivity index (χ1) is 13.4. The van der Waals surface area contributed by atoms with Crippen LogP contribution in [-0.4, -0.2) is 65.8 Å². The largest absolute Gasteiger partial charge is 0.444 e. The molecule has 0 N–H and O–H groups in total. The summed E-state index contributed by atoms with van der Waals surface area (Å²) in [7, 11) is 0. The third-order valence-electron chi connectivity index (χ3n) is 5.61. The average Bonchev–Trinajstić information content (AvgIpc) is 3.18. The summed E-state index contributed by atoms with van der Waals surface area (Å²) in [5, 5.41) is 0. The summed E-state index contributed by atoms with van der Waals surface area (Å²) >= 11 is 0. The van der Waals surface area contributed by atoms with Crippen LogP contribution in [0.4, 0.5) is 4.79 Å². The van der Waals surface area contributed by atoms with Gasteiger partial charge in [-0.15, -0.1) is 0 Å². The van der Waals surface area contributed by atoms with Gasteiger partial charge in [-0.1, -0.05) is 6.07 Å². The molecule has 156 valence electrons. The smallest absolute Gasteiger partial charge is 0.410 e. The zero-order chi connectivity index (χ0) is 20.0. The second-order valence-electron chi connectivity index (χ2n) is 8.95. The number of likely N-dealkylation sites (tertiary alicyclic amines) is 2. The molecule has 1 aromatic rings. The number of amides is 1. The number of carbonyl (C=O) groups is 1. The number of hydrogen-bond donors (Lipinski definition) is 0. The molecule has 2 saturated heterocycles. The van der Waals surface area contributed by atoms with Crippen LogP contribution in [0.3, 0.4) is 0 Å². The third kappa shape index (κ3) is 5.67. The molecule has 28 heavy (non-hydrogen) atoms. The number of hydrogen-bond acceptors (Lipinski definition) is 5. The van der Waals surface area contributed by atoms with Gasteiger partial charge in [-0.2, -0.15) is 0 Å². The number of ether oxygens (including phenoxy) is 2. The van der Waals surface area contributed by atoms with E-state index in [-0.39, 0.29) is 11.7 Å². The normalized spacial score (nSPS) is 20.3. The number of nitrogens with zero attached hydrogens (tertiary/aromatic N) is 3. The van der Waals surface area contributed by atoms with Gasteiger partial charge in [0.2, 0.25) is 0 Å². The van der Waals surface area contributed by atoms with Gasteiger partial charge < -0.3 is 19.3 Å². The van der Waals surface area contributed by atoms with Crippen LogP contribution in [0.1, 0.15) is 58.4 Å². The highest BCUT2D eigenvalue weighted by Gasteiger charge is 2.39. The minimum absolute atomic E-state index is 0.235. The molecule has 2 aliphatic rings. The molecule has 1 aromatic heterocycles. The van der Waals surface area contributed by atoms with E-state index in [1.807, 2.05) is 33.0 Å². The number of rotatable bonds is 6. The summed E-state index contributed by atoms with van der Waals surface area (Å²) in [5.74, 6) is 0. The van der Waals surface area contributed by atoms with E-state index >= 15 is 0 Å². The molecule has 0 aromatic carbocycles. The Hall–Kier alpha value is -1.66. The van der Waals surface area contributed by atoms with Crippen molar-refractivity contribution < 1.29 is 14.3 Å². The first-order valence-corrected chi connectivity index (χ1v) is 10.6. The Bertz CT molecular complexity index is 616. The predicted molar refractivity (Wildman–Crippen MR) is 109 cm³/mol. The number of aromatic nitrogens is 1. The van der Waals surface area contributed by atoms with Crippen LogP contribution in [0.15, 0.2) is 24.5 Å². The predicted octanol–water partition coefficient (Wildman–Crippen LogP) is 3.81. The highest BCUT2D eigenvalue weighted by molar-refractivity contribution is 5.68. The molecule has 1 amide bonds. The van der Waals surface area contributed by atoms with Crippen LogP contribution in [0, 0.1) is 0 Å². The van der Waals surface area contributed by atoms with Gasteiger partial charge in [0.1, 0.15) is 5.60 Å². The van der Waals surface area contributed by atoms with Crippen LogP contribution in [0.5, 0.6) is 0 Å². The van der Waals surface area contributed by atoms with Gasteiger partial charge >= 0.3 is 6.09 Å². The zero-order valence-electron chi connectivity index (χ0n) is 17.7. The van der Waals surface area contributed by atoms with Gasteiger partial charge in [0.15, 0.2) is 0 Å². The average molecular weight is 390 g/mol. The maximum Gasteiger partial charge on any atom is 0.410 e. The fraction of sp³-hybridized carbons (Fsp3) is 0.727. The summed E-state index contributed by atoms with van der Waals surface area (Å²) in [5.41, 5.74) is 0.277. The topological polar surface area (TPSA) is 54.9 Å². The van der Waals surface area contributed by atoms with Crippen molar-refractivity contribution >= 4 is 6.09 Å². The van der Waals surface area contributed by atoms with Crippen LogP contribution in [-0.2, 0) is 15.1 Å². The van der Waals surface area contributed by atoms with Crippen molar-refractivity contribution in [1.82, 2.24) is 14.8 Å². The van der Waals surface area contributed by atoms with E-state index in [1.54, 1.807) is 11.1 Å². The summed E-state index contributed by atoms with van der Waals surface area (Å²) in [6.45, 7) is 11.3. The van der Waals surface area contributed by atoms with Crippen molar-refractivity contribution in [2.45, 2.75) is 64.1 Å². The second kappa shape index (κ2) is 9.23. The molecule has 0 atom stereocenters. The molecule has 2 fully saturated rings. The van der Waals surface area contributed by atoms with Crippen LogP contribution in [0.2, 0.25) is 0 Å². The molecule has 0 aliphatic carbocycles. The zero-order valence-corrected chi connectivity index (χ0v) is 17.7. The first kappa shape index (κ1) is 21.1. The molecule has 3 rings (SSSR count). The molecule has 0 saturated carbocycles. The SMILES string of the molecule is CC(C)(C)OC(=O)N1CCC(OCCCN2CCCC2)(c2cccnc2)CC1. The molecular formula is C22H35N3O3. The lowest BCUT2D eigenvalue weighted by Gasteiger charge is -2.42. The lowest BCUT2D eigenvalue weighted by molar-refractivity contribution is -0.0919. The Morgan fingerprint density at radius 3 is 2.50 bits per heavy atom. The molecule has 2 aliphatic heterocycles. The summed E-state index contributed by atoms with van der Waals surface area (Å²) in [6.07, 6.45) is 8.67. The van der Waals surface area contributed by atoms with Gasteiger partial charge in [-0.25, -0.2) is 4.79 Å². The number of piperidine rings is 1. The lowest BCUT2D eigenvalue weighted by Crippen LogP contribution is -2.48. The Labute approximate surface area is 169 Å². The maximum absolute atomic E-state index is 12.4. The Morgan fingerprint density at radius 1 is 1.18 bits per heavy atom. The molecule has 6 heteroatoms. The molecule has 0 unspecified atom stereocenters. The van der Waals surface area contributed by atoms with E-state index in [1.165, 1.54) is 25.9 Å². The Morgan fingerprint density at radius 2 is 1.89 bits per heavy atom. The van der Waals surface area contributed by atoms with Gasteiger partial charge in [-0.3, -0.25) is 4.98 Å². The van der Waals surface area contributed by atoms with Crippen molar-refractivity contribution in [1.29, 1.82) is 0 Å². The fourth-order valence-electron chi connectivity index (χ4n) is 4.09. The standard InChI is InChI=1S/C22H35N3O3/c1-21(2,3)28-20(26)25-15-9-22(10-16-25,19-8-6-11-23-18-19)27-17-7-14-24-12-4-5-13-24/h6,8,11,18H,4-5,7,9-10,12-17H2,1-3H3. The van der Waals surface area contributed by atoms with Crippen LogP contribution < -0.4 is 0 Å². The Balaban J connectivity index is 1.58. The van der Waals surface area contributed by atoms with Crippen molar-refractivity contribution in [2.75, 3.05) is 39.3 Å². The number of carbonyl (C=O) groups excluding carboxylic acids is 1. The maximum atomic E-state index is 12.4. The van der Waals surface area contributed by atoms with E-state index in [0.717, 1.165) is 38.0 Å². The van der Waals surface area contributed by atoms with E-state index in [4.69, 9.17) is 9.47 Å². The summed E-state index contributed by atoms with van der Waals surface area (Å²) < 4.78 is 12.0. The van der Waals surface area contributed by atoms with Gasteiger partial charge in [0.25, 0.3) is 0 Å². The number of pyridine rings is 1. The van der Waals surface area contributed by atoms with E-state index in [9.17, 15) is 4.79 Å². The molecule has 0 radical (unpaired) electrons. The highest BCUT2D eigenvalue weighted by Crippen LogP contribution is 2.37. The van der Waals surface area contributed by atoms with Crippen molar-refractivity contribution in [2.24, 2.45) is 0 Å². The summed E-state index contributed by atoms with van der Waals surface area (Å²) in [6, 6.07) is 4.06.